The van der Waals surface area contributed by atoms with Gasteiger partial charge in [0.05, 0.1) is 0 Å². The molecule has 1 N–H and O–H groups in total. The van der Waals surface area contributed by atoms with Gasteiger partial charge in [-0.25, -0.2) is 4.68 Å². The van der Waals surface area contributed by atoms with Gasteiger partial charge in [-0.15, -0.1) is 5.10 Å². The Kier molecular flexibility index (Phi) is 5.63. The van der Waals surface area contributed by atoms with Crippen LogP contribution in [0.2, 0.25) is 0 Å². The van der Waals surface area contributed by atoms with Crippen molar-refractivity contribution >= 4 is 11.8 Å². The van der Waals surface area contributed by atoms with E-state index < -0.39 is 0 Å². The van der Waals surface area contributed by atoms with Gasteiger partial charge >= 0.3 is 0 Å². The number of rotatable bonds is 7. The highest BCUT2D eigenvalue weighted by Crippen LogP contribution is 2.15. The van der Waals surface area contributed by atoms with Crippen LogP contribution in [0, 0.1) is 0 Å². The van der Waals surface area contributed by atoms with Crippen molar-refractivity contribution in [1.29, 1.82) is 0 Å². The van der Waals surface area contributed by atoms with Gasteiger partial charge in [0.25, 0.3) is 0 Å². The molecule has 0 saturated heterocycles. The van der Waals surface area contributed by atoms with E-state index in [-0.39, 0.29) is 0 Å². The number of aromatic nitrogens is 4. The van der Waals surface area contributed by atoms with Gasteiger partial charge in [-0.05, 0) is 37.2 Å². The second-order valence-electron chi connectivity index (χ2n) is 3.62. The lowest BCUT2D eigenvalue weighted by molar-refractivity contribution is 0.538. The van der Waals surface area contributed by atoms with Crippen molar-refractivity contribution in [3.63, 3.8) is 0 Å². The summed E-state index contributed by atoms with van der Waals surface area (Å²) in [5.41, 5.74) is 0. The molecular formula is C9H19N5S. The zero-order valence-electron chi connectivity index (χ0n) is 9.60. The van der Waals surface area contributed by atoms with Crippen LogP contribution in [-0.2, 0) is 7.05 Å². The summed E-state index contributed by atoms with van der Waals surface area (Å²) < 4.78 is 1.71. The van der Waals surface area contributed by atoms with Crippen LogP contribution < -0.4 is 5.32 Å². The molecule has 5 nitrogen and oxygen atoms in total. The largest absolute Gasteiger partial charge is 0.317 e. The number of tetrazole rings is 1. The quantitative estimate of drug-likeness (QED) is 0.560. The summed E-state index contributed by atoms with van der Waals surface area (Å²) in [6.07, 6.45) is 3.69. The molecule has 0 aliphatic carbocycles. The van der Waals surface area contributed by atoms with E-state index in [0.29, 0.717) is 6.04 Å². The van der Waals surface area contributed by atoms with Crippen LogP contribution in [0.3, 0.4) is 0 Å². The average molecular weight is 229 g/mol. The zero-order chi connectivity index (χ0) is 11.1. The van der Waals surface area contributed by atoms with Gasteiger partial charge in [0.15, 0.2) is 0 Å². The lowest BCUT2D eigenvalue weighted by Gasteiger charge is -2.08. The minimum absolute atomic E-state index is 0.617. The summed E-state index contributed by atoms with van der Waals surface area (Å²) in [5, 5.41) is 15.4. The van der Waals surface area contributed by atoms with E-state index in [1.807, 2.05) is 14.1 Å². The first kappa shape index (κ1) is 12.4. The first-order valence-electron chi connectivity index (χ1n) is 5.26. The van der Waals surface area contributed by atoms with E-state index in [1.165, 1.54) is 19.3 Å². The molecule has 0 amide bonds. The number of nitrogens with one attached hydrogen (secondary N) is 1. The maximum atomic E-state index is 3.92. The summed E-state index contributed by atoms with van der Waals surface area (Å²) in [6, 6.07) is 0.617. The highest BCUT2D eigenvalue weighted by Gasteiger charge is 2.02. The van der Waals surface area contributed by atoms with E-state index in [9.17, 15) is 0 Å². The molecule has 0 spiro atoms. The molecule has 0 radical (unpaired) electrons. The van der Waals surface area contributed by atoms with E-state index in [1.54, 1.807) is 16.4 Å². The van der Waals surface area contributed by atoms with Gasteiger partial charge in [0.2, 0.25) is 5.16 Å². The summed E-state index contributed by atoms with van der Waals surface area (Å²) in [5.74, 6) is 1.09. The third kappa shape index (κ3) is 4.61. The predicted molar refractivity (Wildman–Crippen MR) is 61.9 cm³/mol. The standard InChI is InChI=1S/C9H19N5S/c1-8(10-2)6-4-5-7-15-9-11-12-13-14(9)3/h8,10H,4-7H2,1-3H3. The molecule has 0 aliphatic heterocycles. The van der Waals surface area contributed by atoms with Crippen molar-refractivity contribution in [1.82, 2.24) is 25.5 Å². The van der Waals surface area contributed by atoms with Gasteiger partial charge in [0, 0.05) is 18.8 Å². The van der Waals surface area contributed by atoms with E-state index >= 15 is 0 Å². The molecule has 0 aliphatic rings. The molecule has 1 rings (SSSR count). The molecule has 1 aromatic heterocycles. The normalized spacial score (nSPS) is 13.0. The molecular weight excluding hydrogens is 210 g/mol. The maximum Gasteiger partial charge on any atom is 0.209 e. The van der Waals surface area contributed by atoms with Crippen LogP contribution in [0.25, 0.3) is 0 Å². The number of hydrogen-bond donors (Lipinski definition) is 1. The predicted octanol–water partition coefficient (Wildman–Crippen LogP) is 1.08. The van der Waals surface area contributed by atoms with Gasteiger partial charge in [-0.2, -0.15) is 0 Å². The molecule has 0 saturated carbocycles. The Balaban J connectivity index is 2.05. The fraction of sp³-hybridized carbons (Fsp3) is 0.889. The Hall–Kier alpha value is -0.620. The van der Waals surface area contributed by atoms with Crippen molar-refractivity contribution in [2.24, 2.45) is 7.05 Å². The minimum Gasteiger partial charge on any atom is -0.317 e. The SMILES string of the molecule is CNC(C)CCCCSc1nnnn1C. The van der Waals surface area contributed by atoms with Crippen LogP contribution in [0.1, 0.15) is 26.2 Å². The van der Waals surface area contributed by atoms with Crippen LogP contribution in [0.4, 0.5) is 0 Å². The topological polar surface area (TPSA) is 55.6 Å². The zero-order valence-corrected chi connectivity index (χ0v) is 10.4. The number of unbranched alkanes of at least 4 members (excludes halogenated alkanes) is 1. The van der Waals surface area contributed by atoms with Crippen molar-refractivity contribution < 1.29 is 0 Å². The van der Waals surface area contributed by atoms with Crippen LogP contribution in [0.15, 0.2) is 5.16 Å². The monoisotopic (exact) mass is 229 g/mol. The number of nitrogens with zero attached hydrogens (tertiary/aromatic N) is 4. The van der Waals surface area contributed by atoms with Crippen molar-refractivity contribution in [2.45, 2.75) is 37.4 Å². The van der Waals surface area contributed by atoms with Gasteiger partial charge < -0.3 is 5.32 Å². The van der Waals surface area contributed by atoms with E-state index in [2.05, 4.69) is 27.8 Å². The van der Waals surface area contributed by atoms with Crippen LogP contribution >= 0.6 is 11.8 Å². The fourth-order valence-corrected chi connectivity index (χ4v) is 2.05. The molecule has 0 aromatic carbocycles. The van der Waals surface area contributed by atoms with Gasteiger partial charge in [-0.1, -0.05) is 18.2 Å². The summed E-state index contributed by atoms with van der Waals surface area (Å²) >= 11 is 1.72. The number of hydrogen-bond acceptors (Lipinski definition) is 5. The second-order valence-corrected chi connectivity index (χ2v) is 4.68. The maximum absolute atomic E-state index is 3.92. The average Bonchev–Trinajstić information content (AvgIpc) is 2.63. The first-order chi connectivity index (χ1) is 7.24. The number of aryl methyl sites for hydroxylation is 1. The Morgan fingerprint density at radius 3 is 2.87 bits per heavy atom. The molecule has 15 heavy (non-hydrogen) atoms. The smallest absolute Gasteiger partial charge is 0.209 e. The van der Waals surface area contributed by atoms with Gasteiger partial charge in [0.1, 0.15) is 0 Å². The van der Waals surface area contributed by atoms with Crippen molar-refractivity contribution in [3.8, 4) is 0 Å². The molecule has 1 atom stereocenters. The molecule has 1 heterocycles. The van der Waals surface area contributed by atoms with Crippen molar-refractivity contribution in [3.05, 3.63) is 0 Å². The highest BCUT2D eigenvalue weighted by atomic mass is 32.2. The van der Waals surface area contributed by atoms with Crippen LogP contribution in [-0.4, -0.2) is 39.0 Å². The molecule has 86 valence electrons. The highest BCUT2D eigenvalue weighted by molar-refractivity contribution is 7.99. The molecule has 1 aromatic rings. The Morgan fingerprint density at radius 1 is 1.47 bits per heavy atom. The lowest BCUT2D eigenvalue weighted by atomic mass is 10.1. The Morgan fingerprint density at radius 2 is 2.27 bits per heavy atom. The fourth-order valence-electron chi connectivity index (χ4n) is 1.20. The molecule has 0 fully saturated rings. The Labute approximate surface area is 95.0 Å². The van der Waals surface area contributed by atoms with E-state index in [0.717, 1.165) is 10.9 Å². The third-order valence-corrected chi connectivity index (χ3v) is 3.43. The first-order valence-corrected chi connectivity index (χ1v) is 6.25. The van der Waals surface area contributed by atoms with Crippen LogP contribution in [0.5, 0.6) is 0 Å². The van der Waals surface area contributed by atoms with Crippen molar-refractivity contribution in [2.75, 3.05) is 12.8 Å². The third-order valence-electron chi connectivity index (χ3n) is 2.34. The number of thioether (sulfide) groups is 1. The second kappa shape index (κ2) is 6.79. The molecule has 0 bridgehead atoms. The van der Waals surface area contributed by atoms with E-state index in [4.69, 9.17) is 0 Å². The molecule has 1 unspecified atom stereocenters. The Bertz CT molecular complexity index is 275. The summed E-state index contributed by atoms with van der Waals surface area (Å²) in [6.45, 7) is 2.21. The minimum atomic E-state index is 0.617. The molecule has 6 heteroatoms. The summed E-state index contributed by atoms with van der Waals surface area (Å²) in [7, 11) is 3.87. The van der Waals surface area contributed by atoms with Gasteiger partial charge in [-0.3, -0.25) is 0 Å². The lowest BCUT2D eigenvalue weighted by Crippen LogP contribution is -2.20. The summed E-state index contributed by atoms with van der Waals surface area (Å²) in [4.78, 5) is 0.